The van der Waals surface area contributed by atoms with Crippen LogP contribution in [0, 0.1) is 0 Å². The van der Waals surface area contributed by atoms with Crippen molar-refractivity contribution < 1.29 is 0 Å². The lowest BCUT2D eigenvalue weighted by molar-refractivity contribution is 1.17. The van der Waals surface area contributed by atoms with Gasteiger partial charge in [0.1, 0.15) is 0 Å². The summed E-state index contributed by atoms with van der Waals surface area (Å²) in [6, 6.07) is 7.84. The molecule has 0 amide bonds. The van der Waals surface area contributed by atoms with Gasteiger partial charge in [-0.2, -0.15) is 0 Å². The Morgan fingerprint density at radius 2 is 1.93 bits per heavy atom. The lowest BCUT2D eigenvalue weighted by Crippen LogP contribution is -1.85. The molecule has 2 heterocycles. The molecule has 3 heteroatoms. The quantitative estimate of drug-likeness (QED) is 0.703. The van der Waals surface area contributed by atoms with Crippen LogP contribution in [0.2, 0.25) is 0 Å². The van der Waals surface area contributed by atoms with Gasteiger partial charge < -0.3 is 0 Å². The van der Waals surface area contributed by atoms with E-state index in [0.29, 0.717) is 5.88 Å². The molecule has 70 valence electrons. The topological polar surface area (TPSA) is 25.8 Å². The number of alkyl halides is 1. The first-order valence-corrected chi connectivity index (χ1v) is 4.85. The van der Waals surface area contributed by atoms with E-state index in [0.717, 1.165) is 16.8 Å². The first-order chi connectivity index (χ1) is 6.90. The van der Waals surface area contributed by atoms with Crippen LogP contribution in [0.25, 0.3) is 11.1 Å². The van der Waals surface area contributed by atoms with Crippen molar-refractivity contribution in [2.24, 2.45) is 0 Å². The molecule has 0 aliphatic heterocycles. The largest absolute Gasteiger partial charge is 0.264 e. The number of hydrogen-bond donors (Lipinski definition) is 0. The minimum absolute atomic E-state index is 0.452. The summed E-state index contributed by atoms with van der Waals surface area (Å²) in [6.07, 6.45) is 5.39. The van der Waals surface area contributed by atoms with E-state index in [4.69, 9.17) is 11.6 Å². The van der Waals surface area contributed by atoms with Crippen LogP contribution >= 0.6 is 11.6 Å². The smallest absolute Gasteiger partial charge is 0.0647 e. The lowest BCUT2D eigenvalue weighted by atomic mass is 10.1. The molecular formula is C11H9ClN2. The Morgan fingerprint density at radius 1 is 1.07 bits per heavy atom. The second kappa shape index (κ2) is 4.20. The van der Waals surface area contributed by atoms with Crippen molar-refractivity contribution in [2.75, 3.05) is 0 Å². The van der Waals surface area contributed by atoms with E-state index in [2.05, 4.69) is 9.97 Å². The molecule has 0 atom stereocenters. The molecule has 0 spiro atoms. The molecule has 2 aromatic heterocycles. The maximum atomic E-state index is 5.65. The molecule has 0 bridgehead atoms. The van der Waals surface area contributed by atoms with E-state index in [1.54, 1.807) is 6.20 Å². The number of rotatable bonds is 2. The molecule has 0 aliphatic carbocycles. The van der Waals surface area contributed by atoms with Gasteiger partial charge in [-0.15, -0.1) is 11.6 Å². The summed E-state index contributed by atoms with van der Waals surface area (Å²) in [4.78, 5) is 8.26. The van der Waals surface area contributed by atoms with Crippen LogP contribution in [0.4, 0.5) is 0 Å². The monoisotopic (exact) mass is 204 g/mol. The van der Waals surface area contributed by atoms with Crippen molar-refractivity contribution in [2.45, 2.75) is 5.88 Å². The van der Waals surface area contributed by atoms with Gasteiger partial charge in [-0.1, -0.05) is 12.1 Å². The summed E-state index contributed by atoms with van der Waals surface area (Å²) < 4.78 is 0. The molecule has 2 rings (SSSR count). The van der Waals surface area contributed by atoms with Crippen LogP contribution in [-0.4, -0.2) is 9.97 Å². The fourth-order valence-electron chi connectivity index (χ4n) is 1.21. The predicted octanol–water partition coefficient (Wildman–Crippen LogP) is 2.88. The standard InChI is InChI=1S/C11H9ClN2/c12-6-11-4-3-10(8-14-11)9-2-1-5-13-7-9/h1-5,7-8H,6H2. The Kier molecular flexibility index (Phi) is 2.75. The highest BCUT2D eigenvalue weighted by atomic mass is 35.5. The number of aromatic nitrogens is 2. The molecule has 0 saturated carbocycles. The summed E-state index contributed by atoms with van der Waals surface area (Å²) >= 11 is 5.65. The van der Waals surface area contributed by atoms with E-state index in [1.165, 1.54) is 0 Å². The van der Waals surface area contributed by atoms with E-state index in [9.17, 15) is 0 Å². The molecule has 0 N–H and O–H groups in total. The second-order valence-corrected chi connectivity index (χ2v) is 3.18. The van der Waals surface area contributed by atoms with Crippen LogP contribution in [0.1, 0.15) is 5.69 Å². The third kappa shape index (κ3) is 1.91. The Labute approximate surface area is 87.6 Å². The van der Waals surface area contributed by atoms with Crippen molar-refractivity contribution in [1.82, 2.24) is 9.97 Å². The minimum Gasteiger partial charge on any atom is -0.264 e. The van der Waals surface area contributed by atoms with Gasteiger partial charge in [0.05, 0.1) is 11.6 Å². The molecule has 0 radical (unpaired) electrons. The van der Waals surface area contributed by atoms with Crippen molar-refractivity contribution in [3.05, 3.63) is 48.5 Å². The van der Waals surface area contributed by atoms with E-state index >= 15 is 0 Å². The van der Waals surface area contributed by atoms with Crippen molar-refractivity contribution in [3.63, 3.8) is 0 Å². The zero-order chi connectivity index (χ0) is 9.80. The lowest BCUT2D eigenvalue weighted by Gasteiger charge is -2.00. The molecule has 2 nitrogen and oxygen atoms in total. The molecule has 0 fully saturated rings. The number of hydrogen-bond acceptors (Lipinski definition) is 2. The number of halogens is 1. The Hall–Kier alpha value is -1.41. The van der Waals surface area contributed by atoms with Crippen molar-refractivity contribution >= 4 is 11.6 Å². The third-order valence-corrected chi connectivity index (χ3v) is 2.23. The maximum absolute atomic E-state index is 5.65. The summed E-state index contributed by atoms with van der Waals surface area (Å²) in [5, 5.41) is 0. The van der Waals surface area contributed by atoms with Crippen LogP contribution in [-0.2, 0) is 5.88 Å². The fourth-order valence-corrected chi connectivity index (χ4v) is 1.37. The van der Waals surface area contributed by atoms with Gasteiger partial charge in [0.2, 0.25) is 0 Å². The molecule has 0 aliphatic rings. The van der Waals surface area contributed by atoms with Gasteiger partial charge in [-0.25, -0.2) is 0 Å². The second-order valence-electron chi connectivity index (χ2n) is 2.91. The van der Waals surface area contributed by atoms with Crippen LogP contribution in [0.5, 0.6) is 0 Å². The Morgan fingerprint density at radius 3 is 2.50 bits per heavy atom. The van der Waals surface area contributed by atoms with Crippen molar-refractivity contribution in [3.8, 4) is 11.1 Å². The highest BCUT2D eigenvalue weighted by Crippen LogP contribution is 2.16. The van der Waals surface area contributed by atoms with Gasteiger partial charge in [0.25, 0.3) is 0 Å². The first-order valence-electron chi connectivity index (χ1n) is 4.31. The first kappa shape index (κ1) is 9.16. The molecule has 14 heavy (non-hydrogen) atoms. The zero-order valence-corrected chi connectivity index (χ0v) is 8.28. The molecule has 0 saturated heterocycles. The van der Waals surface area contributed by atoms with Crippen LogP contribution in [0.15, 0.2) is 42.9 Å². The summed E-state index contributed by atoms with van der Waals surface area (Å²) in [5.41, 5.74) is 3.02. The fraction of sp³-hybridized carbons (Fsp3) is 0.0909. The summed E-state index contributed by atoms with van der Waals surface area (Å²) in [6.45, 7) is 0. The Balaban J connectivity index is 2.34. The average Bonchev–Trinajstić information content (AvgIpc) is 2.30. The van der Waals surface area contributed by atoms with Gasteiger partial charge >= 0.3 is 0 Å². The normalized spacial score (nSPS) is 10.1. The van der Waals surface area contributed by atoms with Crippen LogP contribution in [0.3, 0.4) is 0 Å². The van der Waals surface area contributed by atoms with E-state index in [1.807, 2.05) is 36.7 Å². The highest BCUT2D eigenvalue weighted by molar-refractivity contribution is 6.16. The van der Waals surface area contributed by atoms with Gasteiger partial charge in [-0.05, 0) is 12.1 Å². The van der Waals surface area contributed by atoms with E-state index in [-0.39, 0.29) is 0 Å². The summed E-state index contributed by atoms with van der Waals surface area (Å²) in [5.74, 6) is 0.452. The zero-order valence-electron chi connectivity index (χ0n) is 7.52. The van der Waals surface area contributed by atoms with Gasteiger partial charge in [-0.3, -0.25) is 9.97 Å². The van der Waals surface area contributed by atoms with Crippen molar-refractivity contribution in [1.29, 1.82) is 0 Å². The van der Waals surface area contributed by atoms with Gasteiger partial charge in [0.15, 0.2) is 0 Å². The molecule has 0 aromatic carbocycles. The van der Waals surface area contributed by atoms with Gasteiger partial charge in [0, 0.05) is 29.7 Å². The predicted molar refractivity (Wildman–Crippen MR) is 57.0 cm³/mol. The van der Waals surface area contributed by atoms with E-state index < -0.39 is 0 Å². The minimum atomic E-state index is 0.452. The average molecular weight is 205 g/mol. The SMILES string of the molecule is ClCc1ccc(-c2cccnc2)cn1. The van der Waals surface area contributed by atoms with Crippen LogP contribution < -0.4 is 0 Å². The number of nitrogens with zero attached hydrogens (tertiary/aromatic N) is 2. The molecular weight excluding hydrogens is 196 g/mol. The Bertz CT molecular complexity index is 397. The summed E-state index contributed by atoms with van der Waals surface area (Å²) in [7, 11) is 0. The molecule has 0 unspecified atom stereocenters. The number of pyridine rings is 2. The third-order valence-electron chi connectivity index (χ3n) is 1.96. The maximum Gasteiger partial charge on any atom is 0.0647 e. The molecule has 2 aromatic rings. The highest BCUT2D eigenvalue weighted by Gasteiger charge is 1.97.